The maximum absolute atomic E-state index is 12.4. The maximum atomic E-state index is 12.4. The standard InChI is InChI=1S/C14H6BrNO6/c15-5-1-2-6-7(3-5)12(18)10-8(11(6)17)4-9(16(21)22)13(19)14(10)20/h1-4,19-20H. The second-order valence-corrected chi connectivity index (χ2v) is 5.54. The lowest BCUT2D eigenvalue weighted by atomic mass is 9.83. The summed E-state index contributed by atoms with van der Waals surface area (Å²) in [5, 5.41) is 30.5. The zero-order valence-corrected chi connectivity index (χ0v) is 12.2. The second-order valence-electron chi connectivity index (χ2n) is 4.62. The highest BCUT2D eigenvalue weighted by Gasteiger charge is 2.36. The number of nitrogens with zero attached hydrogens (tertiary/aromatic N) is 1. The molecule has 1 aliphatic rings. The van der Waals surface area contributed by atoms with Crippen molar-refractivity contribution in [3.05, 3.63) is 61.1 Å². The van der Waals surface area contributed by atoms with Crippen molar-refractivity contribution in [2.45, 2.75) is 0 Å². The number of fused-ring (bicyclic) bond motifs is 2. The predicted molar refractivity (Wildman–Crippen MR) is 77.4 cm³/mol. The van der Waals surface area contributed by atoms with E-state index in [1.807, 2.05) is 0 Å². The monoisotopic (exact) mass is 363 g/mol. The zero-order chi connectivity index (χ0) is 16.2. The molecule has 1 aliphatic carbocycles. The normalized spacial score (nSPS) is 12.8. The Kier molecular flexibility index (Phi) is 2.99. The molecule has 2 N–H and O–H groups in total. The molecule has 110 valence electrons. The van der Waals surface area contributed by atoms with Crippen molar-refractivity contribution in [2.75, 3.05) is 0 Å². The van der Waals surface area contributed by atoms with Crippen LogP contribution in [0.5, 0.6) is 11.5 Å². The van der Waals surface area contributed by atoms with Crippen molar-refractivity contribution in [3.8, 4) is 11.5 Å². The average molecular weight is 364 g/mol. The van der Waals surface area contributed by atoms with Gasteiger partial charge in [0.15, 0.2) is 17.3 Å². The number of benzene rings is 2. The number of aromatic hydroxyl groups is 2. The van der Waals surface area contributed by atoms with E-state index in [4.69, 9.17) is 0 Å². The van der Waals surface area contributed by atoms with Crippen molar-refractivity contribution < 1.29 is 24.7 Å². The van der Waals surface area contributed by atoms with Gasteiger partial charge in [-0.1, -0.05) is 15.9 Å². The number of carbonyl (C=O) groups is 2. The van der Waals surface area contributed by atoms with Crippen LogP contribution < -0.4 is 0 Å². The molecule has 2 aromatic carbocycles. The molecule has 0 saturated carbocycles. The molecule has 2 aromatic rings. The molecule has 0 spiro atoms. The summed E-state index contributed by atoms with van der Waals surface area (Å²) in [6.07, 6.45) is 0. The molecule has 0 aliphatic heterocycles. The number of nitro groups is 1. The minimum absolute atomic E-state index is 0.0513. The number of phenolic OH excluding ortho intramolecular Hbond substituents is 2. The minimum atomic E-state index is -1.04. The van der Waals surface area contributed by atoms with E-state index in [1.165, 1.54) is 12.1 Å². The van der Waals surface area contributed by atoms with Crippen LogP contribution in [0.25, 0.3) is 0 Å². The Morgan fingerprint density at radius 2 is 1.64 bits per heavy atom. The summed E-state index contributed by atoms with van der Waals surface area (Å²) in [5.74, 6) is -3.32. The largest absolute Gasteiger partial charge is 0.504 e. The van der Waals surface area contributed by atoms with E-state index in [1.54, 1.807) is 6.07 Å². The first kappa shape index (κ1) is 14.2. The summed E-state index contributed by atoms with van der Waals surface area (Å²) < 4.78 is 0.557. The molecular formula is C14H6BrNO6. The van der Waals surface area contributed by atoms with Crippen molar-refractivity contribution in [3.63, 3.8) is 0 Å². The Hall–Kier alpha value is -2.74. The van der Waals surface area contributed by atoms with Crippen LogP contribution in [0.15, 0.2) is 28.7 Å². The van der Waals surface area contributed by atoms with Crippen LogP contribution in [-0.2, 0) is 0 Å². The minimum Gasteiger partial charge on any atom is -0.504 e. The molecule has 22 heavy (non-hydrogen) atoms. The van der Waals surface area contributed by atoms with E-state index < -0.39 is 39.2 Å². The van der Waals surface area contributed by atoms with Crippen molar-refractivity contribution >= 4 is 33.2 Å². The van der Waals surface area contributed by atoms with E-state index in [-0.39, 0.29) is 16.7 Å². The number of ketones is 2. The molecule has 0 atom stereocenters. The third-order valence-corrected chi connectivity index (χ3v) is 3.89. The van der Waals surface area contributed by atoms with E-state index >= 15 is 0 Å². The van der Waals surface area contributed by atoms with E-state index in [9.17, 15) is 29.9 Å². The summed E-state index contributed by atoms with van der Waals surface area (Å²) in [5.41, 5.74) is -1.44. The van der Waals surface area contributed by atoms with Crippen LogP contribution in [-0.4, -0.2) is 26.7 Å². The summed E-state index contributed by atoms with van der Waals surface area (Å²) in [4.78, 5) is 34.8. The first-order valence-corrected chi connectivity index (χ1v) is 6.74. The number of phenols is 2. The quantitative estimate of drug-likeness (QED) is 0.389. The van der Waals surface area contributed by atoms with Gasteiger partial charge in [-0.05, 0) is 18.2 Å². The van der Waals surface area contributed by atoms with Crippen molar-refractivity contribution in [1.82, 2.24) is 0 Å². The van der Waals surface area contributed by atoms with Gasteiger partial charge in [-0.15, -0.1) is 0 Å². The highest BCUT2D eigenvalue weighted by atomic mass is 79.9. The number of nitro benzene ring substituents is 1. The Bertz CT molecular complexity index is 889. The van der Waals surface area contributed by atoms with Crippen molar-refractivity contribution in [2.24, 2.45) is 0 Å². The van der Waals surface area contributed by atoms with Gasteiger partial charge < -0.3 is 10.2 Å². The zero-order valence-electron chi connectivity index (χ0n) is 10.7. The Morgan fingerprint density at radius 1 is 0.955 bits per heavy atom. The lowest BCUT2D eigenvalue weighted by molar-refractivity contribution is -0.386. The van der Waals surface area contributed by atoms with Gasteiger partial charge in [-0.25, -0.2) is 0 Å². The molecule has 3 rings (SSSR count). The second kappa shape index (κ2) is 4.63. The maximum Gasteiger partial charge on any atom is 0.315 e. The van der Waals surface area contributed by atoms with Crippen molar-refractivity contribution in [1.29, 1.82) is 0 Å². The fraction of sp³-hybridized carbons (Fsp3) is 0. The highest BCUT2D eigenvalue weighted by Crippen LogP contribution is 2.44. The molecule has 8 heteroatoms. The summed E-state index contributed by atoms with van der Waals surface area (Å²) in [6, 6.07) is 5.19. The number of rotatable bonds is 1. The van der Waals surface area contributed by atoms with Gasteiger partial charge in [0.25, 0.3) is 0 Å². The Balaban J connectivity index is 2.37. The third-order valence-electron chi connectivity index (χ3n) is 3.39. The van der Waals surface area contributed by atoms with Gasteiger partial charge >= 0.3 is 5.69 Å². The van der Waals surface area contributed by atoms with Crippen LogP contribution in [0.2, 0.25) is 0 Å². The van der Waals surface area contributed by atoms with E-state index in [2.05, 4.69) is 15.9 Å². The SMILES string of the molecule is O=C1c2ccc(Br)cc2C(=O)c2c1cc([N+](=O)[O-])c(O)c2O. The summed E-state index contributed by atoms with van der Waals surface area (Å²) in [7, 11) is 0. The van der Waals surface area contributed by atoms with Crippen LogP contribution in [0, 0.1) is 10.1 Å². The number of carbonyl (C=O) groups excluding carboxylic acids is 2. The molecular weight excluding hydrogens is 358 g/mol. The summed E-state index contributed by atoms with van der Waals surface area (Å²) in [6.45, 7) is 0. The third kappa shape index (κ3) is 1.81. The van der Waals surface area contributed by atoms with E-state index in [0.29, 0.717) is 4.47 Å². The molecule has 0 fully saturated rings. The topological polar surface area (TPSA) is 118 Å². The lowest BCUT2D eigenvalue weighted by Gasteiger charge is -2.18. The van der Waals surface area contributed by atoms with E-state index in [0.717, 1.165) is 6.07 Å². The number of hydrogen-bond acceptors (Lipinski definition) is 6. The first-order valence-electron chi connectivity index (χ1n) is 5.95. The Morgan fingerprint density at radius 3 is 2.27 bits per heavy atom. The van der Waals surface area contributed by atoms with Gasteiger partial charge in [0.05, 0.1) is 10.5 Å². The average Bonchev–Trinajstić information content (AvgIpc) is 2.47. The van der Waals surface area contributed by atoms with Gasteiger partial charge in [0.2, 0.25) is 5.75 Å². The van der Waals surface area contributed by atoms with Gasteiger partial charge in [-0.2, -0.15) is 0 Å². The Labute approximate surface area is 131 Å². The van der Waals surface area contributed by atoms with Gasteiger partial charge in [0, 0.05) is 27.2 Å². The first-order chi connectivity index (χ1) is 10.3. The summed E-state index contributed by atoms with van der Waals surface area (Å²) >= 11 is 3.18. The van der Waals surface area contributed by atoms with Crippen LogP contribution >= 0.6 is 15.9 Å². The van der Waals surface area contributed by atoms with Gasteiger partial charge in [-0.3, -0.25) is 19.7 Å². The number of halogens is 1. The smallest absolute Gasteiger partial charge is 0.315 e. The molecule has 0 bridgehead atoms. The molecule has 0 heterocycles. The molecule has 7 nitrogen and oxygen atoms in total. The predicted octanol–water partition coefficient (Wildman–Crippen LogP) is 2.54. The lowest BCUT2D eigenvalue weighted by Crippen LogP contribution is -2.21. The van der Waals surface area contributed by atoms with Crippen LogP contribution in [0.3, 0.4) is 0 Å². The molecule has 0 radical (unpaired) electrons. The molecule has 0 aromatic heterocycles. The molecule has 0 amide bonds. The fourth-order valence-corrected chi connectivity index (χ4v) is 2.74. The van der Waals surface area contributed by atoms with Gasteiger partial charge in [0.1, 0.15) is 0 Å². The number of hydrogen-bond donors (Lipinski definition) is 2. The molecule has 0 saturated heterocycles. The fourth-order valence-electron chi connectivity index (χ4n) is 2.37. The molecule has 0 unspecified atom stereocenters. The highest BCUT2D eigenvalue weighted by molar-refractivity contribution is 9.10. The van der Waals surface area contributed by atoms with Crippen LogP contribution in [0.4, 0.5) is 5.69 Å². The van der Waals surface area contributed by atoms with Crippen LogP contribution in [0.1, 0.15) is 31.8 Å².